The van der Waals surface area contributed by atoms with Gasteiger partial charge in [0.25, 0.3) is 0 Å². The fourth-order valence-corrected chi connectivity index (χ4v) is 1.62. The maximum absolute atomic E-state index is 11.6. The summed E-state index contributed by atoms with van der Waals surface area (Å²) < 4.78 is 5.44. The van der Waals surface area contributed by atoms with Crippen LogP contribution in [0.3, 0.4) is 0 Å². The first-order valence-electron chi connectivity index (χ1n) is 6.15. The van der Waals surface area contributed by atoms with Crippen molar-refractivity contribution in [2.24, 2.45) is 0 Å². The van der Waals surface area contributed by atoms with Gasteiger partial charge in [-0.2, -0.15) is 0 Å². The zero-order valence-electron chi connectivity index (χ0n) is 10.8. The van der Waals surface area contributed by atoms with Crippen LogP contribution >= 0.6 is 0 Å². The standard InChI is InChI=1S/C14H21NO2/c1-4-8-13(12-9-6-5-7-10-12)17-14(16)15-11(2)3/h5-7,9-11,13H,4,8H2,1-3H3,(H,15,16). The molecule has 3 nitrogen and oxygen atoms in total. The Hall–Kier alpha value is -1.51. The highest BCUT2D eigenvalue weighted by atomic mass is 16.6. The van der Waals surface area contributed by atoms with Crippen LogP contribution in [0.5, 0.6) is 0 Å². The summed E-state index contributed by atoms with van der Waals surface area (Å²) in [4.78, 5) is 11.6. The number of ether oxygens (including phenoxy) is 1. The Morgan fingerprint density at radius 2 is 1.94 bits per heavy atom. The molecule has 94 valence electrons. The second-order valence-corrected chi connectivity index (χ2v) is 4.39. The third-order valence-electron chi connectivity index (χ3n) is 2.38. The molecule has 0 aliphatic rings. The predicted octanol–water partition coefficient (Wildman–Crippen LogP) is 3.66. The van der Waals surface area contributed by atoms with Crippen LogP contribution in [0.25, 0.3) is 0 Å². The van der Waals surface area contributed by atoms with E-state index < -0.39 is 0 Å². The highest BCUT2D eigenvalue weighted by Crippen LogP contribution is 2.22. The number of carbonyl (C=O) groups is 1. The first kappa shape index (κ1) is 13.6. The lowest BCUT2D eigenvalue weighted by atomic mass is 10.1. The summed E-state index contributed by atoms with van der Waals surface area (Å²) >= 11 is 0. The number of carbonyl (C=O) groups excluding carboxylic acids is 1. The molecule has 0 radical (unpaired) electrons. The number of hydrogen-bond acceptors (Lipinski definition) is 2. The molecular weight excluding hydrogens is 214 g/mol. The van der Waals surface area contributed by atoms with Crippen LogP contribution < -0.4 is 5.32 Å². The number of alkyl carbamates (subject to hydrolysis) is 1. The summed E-state index contributed by atoms with van der Waals surface area (Å²) in [7, 11) is 0. The van der Waals surface area contributed by atoms with E-state index in [1.165, 1.54) is 0 Å². The van der Waals surface area contributed by atoms with Crippen molar-refractivity contribution in [3.05, 3.63) is 35.9 Å². The van der Waals surface area contributed by atoms with Crippen molar-refractivity contribution in [1.82, 2.24) is 5.32 Å². The van der Waals surface area contributed by atoms with E-state index in [1.54, 1.807) is 0 Å². The summed E-state index contributed by atoms with van der Waals surface area (Å²) in [6.45, 7) is 5.91. The van der Waals surface area contributed by atoms with E-state index in [1.807, 2.05) is 44.2 Å². The average Bonchev–Trinajstić information content (AvgIpc) is 2.28. The fourth-order valence-electron chi connectivity index (χ4n) is 1.62. The van der Waals surface area contributed by atoms with Gasteiger partial charge in [0, 0.05) is 6.04 Å². The normalized spacial score (nSPS) is 12.2. The number of benzene rings is 1. The number of hydrogen-bond donors (Lipinski definition) is 1. The van der Waals surface area contributed by atoms with Crippen LogP contribution in [0.4, 0.5) is 4.79 Å². The first-order chi connectivity index (χ1) is 8.13. The zero-order valence-corrected chi connectivity index (χ0v) is 10.8. The van der Waals surface area contributed by atoms with Gasteiger partial charge in [0.15, 0.2) is 0 Å². The van der Waals surface area contributed by atoms with E-state index in [0.717, 1.165) is 18.4 Å². The molecule has 17 heavy (non-hydrogen) atoms. The lowest BCUT2D eigenvalue weighted by Crippen LogP contribution is -2.31. The van der Waals surface area contributed by atoms with Crippen LogP contribution in [0.1, 0.15) is 45.3 Å². The molecule has 0 aliphatic carbocycles. The SMILES string of the molecule is CCCC(OC(=O)NC(C)C)c1ccccc1. The van der Waals surface area contributed by atoms with Gasteiger partial charge in [-0.25, -0.2) is 4.79 Å². The molecule has 0 heterocycles. The first-order valence-corrected chi connectivity index (χ1v) is 6.15. The zero-order chi connectivity index (χ0) is 12.7. The summed E-state index contributed by atoms with van der Waals surface area (Å²) in [5, 5.41) is 2.74. The maximum atomic E-state index is 11.6. The van der Waals surface area contributed by atoms with E-state index >= 15 is 0 Å². The summed E-state index contributed by atoms with van der Waals surface area (Å²) in [6, 6.07) is 9.95. The van der Waals surface area contributed by atoms with Gasteiger partial charge < -0.3 is 10.1 Å². The van der Waals surface area contributed by atoms with Crippen LogP contribution in [0.2, 0.25) is 0 Å². The van der Waals surface area contributed by atoms with Crippen LogP contribution in [-0.4, -0.2) is 12.1 Å². The van der Waals surface area contributed by atoms with Crippen molar-refractivity contribution in [1.29, 1.82) is 0 Å². The molecule has 0 spiro atoms. The molecule has 1 atom stereocenters. The number of rotatable bonds is 5. The monoisotopic (exact) mass is 235 g/mol. The number of nitrogens with one attached hydrogen (secondary N) is 1. The lowest BCUT2D eigenvalue weighted by Gasteiger charge is -2.19. The molecule has 1 N–H and O–H groups in total. The van der Waals surface area contributed by atoms with Crippen molar-refractivity contribution in [3.8, 4) is 0 Å². The molecule has 0 bridgehead atoms. The largest absolute Gasteiger partial charge is 0.441 e. The number of amides is 1. The molecule has 0 aromatic heterocycles. The molecule has 1 amide bonds. The van der Waals surface area contributed by atoms with Gasteiger partial charge in [0.05, 0.1) is 0 Å². The summed E-state index contributed by atoms with van der Waals surface area (Å²) in [6.07, 6.45) is 1.33. The van der Waals surface area contributed by atoms with E-state index in [-0.39, 0.29) is 18.2 Å². The van der Waals surface area contributed by atoms with Crippen molar-refractivity contribution in [2.45, 2.75) is 45.8 Å². The van der Waals surface area contributed by atoms with Gasteiger partial charge in [0.1, 0.15) is 6.10 Å². The minimum Gasteiger partial charge on any atom is -0.441 e. The third-order valence-corrected chi connectivity index (χ3v) is 2.38. The van der Waals surface area contributed by atoms with Gasteiger partial charge in [-0.15, -0.1) is 0 Å². The van der Waals surface area contributed by atoms with Gasteiger partial charge in [-0.3, -0.25) is 0 Å². The molecule has 1 unspecified atom stereocenters. The molecule has 1 rings (SSSR count). The van der Waals surface area contributed by atoms with Crippen molar-refractivity contribution < 1.29 is 9.53 Å². The van der Waals surface area contributed by atoms with E-state index in [9.17, 15) is 4.79 Å². The Morgan fingerprint density at radius 1 is 1.29 bits per heavy atom. The van der Waals surface area contributed by atoms with Gasteiger partial charge >= 0.3 is 6.09 Å². The van der Waals surface area contributed by atoms with Crippen molar-refractivity contribution in [3.63, 3.8) is 0 Å². The second kappa shape index (κ2) is 6.94. The fraction of sp³-hybridized carbons (Fsp3) is 0.500. The average molecular weight is 235 g/mol. The molecule has 3 heteroatoms. The van der Waals surface area contributed by atoms with Gasteiger partial charge in [-0.1, -0.05) is 43.7 Å². The van der Waals surface area contributed by atoms with Crippen molar-refractivity contribution in [2.75, 3.05) is 0 Å². The molecular formula is C14H21NO2. The molecule has 1 aromatic carbocycles. The quantitative estimate of drug-likeness (QED) is 0.845. The van der Waals surface area contributed by atoms with Crippen LogP contribution in [-0.2, 0) is 4.74 Å². The third kappa shape index (κ3) is 4.89. The van der Waals surface area contributed by atoms with Crippen LogP contribution in [0.15, 0.2) is 30.3 Å². The molecule has 0 saturated carbocycles. The van der Waals surface area contributed by atoms with E-state index in [2.05, 4.69) is 12.2 Å². The van der Waals surface area contributed by atoms with E-state index in [4.69, 9.17) is 4.74 Å². The lowest BCUT2D eigenvalue weighted by molar-refractivity contribution is 0.0901. The Bertz CT molecular complexity index is 335. The topological polar surface area (TPSA) is 38.3 Å². The van der Waals surface area contributed by atoms with Crippen LogP contribution in [0, 0.1) is 0 Å². The predicted molar refractivity (Wildman–Crippen MR) is 68.8 cm³/mol. The maximum Gasteiger partial charge on any atom is 0.407 e. The molecule has 0 saturated heterocycles. The van der Waals surface area contributed by atoms with Gasteiger partial charge in [-0.05, 0) is 25.8 Å². The summed E-state index contributed by atoms with van der Waals surface area (Å²) in [5.74, 6) is 0. The second-order valence-electron chi connectivity index (χ2n) is 4.39. The molecule has 1 aromatic rings. The Morgan fingerprint density at radius 3 is 2.47 bits per heavy atom. The Balaban J connectivity index is 2.64. The highest BCUT2D eigenvalue weighted by molar-refractivity contribution is 5.67. The minimum absolute atomic E-state index is 0.0977. The molecule has 0 fully saturated rings. The van der Waals surface area contributed by atoms with Gasteiger partial charge in [0.2, 0.25) is 0 Å². The van der Waals surface area contributed by atoms with Crippen molar-refractivity contribution >= 4 is 6.09 Å². The Kier molecular flexibility index (Phi) is 5.53. The highest BCUT2D eigenvalue weighted by Gasteiger charge is 2.15. The minimum atomic E-state index is -0.345. The molecule has 0 aliphatic heterocycles. The van der Waals surface area contributed by atoms with E-state index in [0.29, 0.717) is 0 Å². The smallest absolute Gasteiger partial charge is 0.407 e. The summed E-state index contributed by atoms with van der Waals surface area (Å²) in [5.41, 5.74) is 1.05. The Labute approximate surface area is 103 Å².